The van der Waals surface area contributed by atoms with Crippen LogP contribution in [0.5, 0.6) is 0 Å². The zero-order valence-corrected chi connectivity index (χ0v) is 8.05. The maximum atomic E-state index is 8.35. The summed E-state index contributed by atoms with van der Waals surface area (Å²) in [4.78, 5) is 16.7. The van der Waals surface area contributed by atoms with E-state index in [-0.39, 0.29) is 9.76 Å². The first-order valence-electron chi connectivity index (χ1n) is 2.81. The van der Waals surface area contributed by atoms with Gasteiger partial charge in [0.1, 0.15) is 0 Å². The average molecular weight is 176 g/mol. The number of hydrogen-bond acceptors (Lipinski definition) is 5. The van der Waals surface area contributed by atoms with Gasteiger partial charge in [-0.15, -0.1) is 0 Å². The van der Waals surface area contributed by atoms with Crippen molar-refractivity contribution >= 4 is 21.9 Å². The van der Waals surface area contributed by atoms with Gasteiger partial charge in [-0.25, -0.2) is 20.4 Å². The Balaban J connectivity index is -0.0000000933. The van der Waals surface area contributed by atoms with Gasteiger partial charge < -0.3 is 4.43 Å². The van der Waals surface area contributed by atoms with Crippen molar-refractivity contribution in [1.29, 1.82) is 10.8 Å². The van der Waals surface area contributed by atoms with Crippen LogP contribution in [0.2, 0.25) is 6.04 Å². The summed E-state index contributed by atoms with van der Waals surface area (Å²) >= 11 is 0. The van der Waals surface area contributed by atoms with Crippen LogP contribution < -0.4 is 0 Å². The molecule has 11 heavy (non-hydrogen) atoms. The summed E-state index contributed by atoms with van der Waals surface area (Å²) < 4.78 is 4.83. The predicted molar refractivity (Wildman–Crippen MR) is 42.9 cm³/mol. The third-order valence-corrected chi connectivity index (χ3v) is 1.22. The first-order chi connectivity index (χ1) is 5.24. The summed E-state index contributed by atoms with van der Waals surface area (Å²) in [7, 11) is 1.71. The third-order valence-electron chi connectivity index (χ3n) is 0.408. The molecule has 0 radical (unpaired) electrons. The molecule has 0 aromatic heterocycles. The van der Waals surface area contributed by atoms with E-state index in [1.807, 2.05) is 0 Å². The van der Waals surface area contributed by atoms with Gasteiger partial charge in [0.15, 0.2) is 9.76 Å². The van der Waals surface area contributed by atoms with Crippen molar-refractivity contribution in [3.05, 3.63) is 0 Å². The van der Waals surface area contributed by atoms with Crippen molar-refractivity contribution in [3.63, 3.8) is 0 Å². The summed E-state index contributed by atoms with van der Waals surface area (Å²) in [6.07, 6.45) is 1.50. The molecule has 0 spiro atoms. The summed E-state index contributed by atoms with van der Waals surface area (Å²) in [5, 5.41) is 10.8. The highest BCUT2D eigenvalue weighted by Crippen LogP contribution is 1.68. The van der Waals surface area contributed by atoms with E-state index in [0.29, 0.717) is 0 Å². The Morgan fingerprint density at radius 3 is 1.64 bits per heavy atom. The quantitative estimate of drug-likeness (QED) is 0.351. The molecule has 0 saturated heterocycles. The van der Waals surface area contributed by atoms with Gasteiger partial charge in [-0.1, -0.05) is 6.92 Å². The van der Waals surface area contributed by atoms with Gasteiger partial charge in [-0.2, -0.15) is 0 Å². The second kappa shape index (κ2) is 36.3. The van der Waals surface area contributed by atoms with E-state index in [4.69, 9.17) is 24.8 Å². The molecule has 64 valence electrons. The van der Waals surface area contributed by atoms with E-state index >= 15 is 0 Å². The van der Waals surface area contributed by atoms with Crippen molar-refractivity contribution in [2.24, 2.45) is 0 Å². The molecule has 0 atom stereocenters. The lowest BCUT2D eigenvalue weighted by Crippen LogP contribution is -1.86. The summed E-state index contributed by atoms with van der Waals surface area (Å²) in [5.41, 5.74) is 0. The Hall–Kier alpha value is -1.06. The Morgan fingerprint density at radius 2 is 1.64 bits per heavy atom. The minimum absolute atomic E-state index is 0.0679. The molecule has 0 saturated carbocycles. The molecule has 0 aliphatic carbocycles. The summed E-state index contributed by atoms with van der Waals surface area (Å²) in [6.45, 7) is 2.15. The van der Waals surface area contributed by atoms with E-state index in [0.717, 1.165) is 12.2 Å². The van der Waals surface area contributed by atoms with Crippen LogP contribution in [0, 0.1) is 10.8 Å². The Kier molecular flexibility index (Phi) is 54.5. The molecule has 0 bridgehead atoms. The fourth-order valence-electron chi connectivity index (χ4n) is 0.204. The van der Waals surface area contributed by atoms with E-state index < -0.39 is 0 Å². The normalized spacial score (nSPS) is 6.36. The van der Waals surface area contributed by atoms with Gasteiger partial charge >= 0.3 is 0 Å². The van der Waals surface area contributed by atoms with Crippen LogP contribution in [0.1, 0.15) is 6.92 Å². The van der Waals surface area contributed by atoms with Crippen molar-refractivity contribution in [3.8, 4) is 0 Å². The molecule has 0 aromatic rings. The molecule has 0 amide bonds. The molecule has 0 fully saturated rings. The molecule has 0 heterocycles. The first kappa shape index (κ1) is 16.5. The van der Waals surface area contributed by atoms with Crippen LogP contribution in [0.15, 0.2) is 0 Å². The lowest BCUT2D eigenvalue weighted by atomic mass is 11.0. The van der Waals surface area contributed by atoms with Crippen LogP contribution in [-0.2, 0) is 14.0 Å². The van der Waals surface area contributed by atoms with Crippen LogP contribution in [0.25, 0.3) is 0 Å². The van der Waals surface area contributed by atoms with E-state index in [9.17, 15) is 0 Å². The molecule has 5 nitrogen and oxygen atoms in total. The minimum atomic E-state index is -0.0679. The Bertz CT molecular complexity index is 103. The van der Waals surface area contributed by atoms with Gasteiger partial charge in [0.2, 0.25) is 12.2 Å². The number of rotatable bonds is 2. The molecule has 0 aromatic carbocycles. The zero-order valence-electron chi connectivity index (χ0n) is 6.64. The molecule has 2 N–H and O–H groups in total. The standard InChI is InChI=1S/C3H10OSi.2CHNO/c1-3-5-4-2;2*2-1-3/h3,5H2,1-2H3;2*2H. The van der Waals surface area contributed by atoms with Gasteiger partial charge in [-0.3, -0.25) is 0 Å². The highest BCUT2D eigenvalue weighted by atomic mass is 28.2. The highest BCUT2D eigenvalue weighted by molar-refractivity contribution is 6.26. The molecule has 0 aliphatic heterocycles. The van der Waals surface area contributed by atoms with Crippen LogP contribution in [-0.4, -0.2) is 29.0 Å². The second-order valence-corrected chi connectivity index (χ2v) is 3.18. The number of carbonyl (C=O) groups excluding carboxylic acids is 2. The maximum Gasteiger partial charge on any atom is 0.231 e. The first-order valence-corrected chi connectivity index (χ1v) is 4.39. The molecule has 0 rings (SSSR count). The number of nitrogens with one attached hydrogen (secondary N) is 2. The molecule has 0 unspecified atom stereocenters. The van der Waals surface area contributed by atoms with Crippen molar-refractivity contribution in [2.45, 2.75) is 13.0 Å². The van der Waals surface area contributed by atoms with Crippen molar-refractivity contribution in [1.82, 2.24) is 0 Å². The average Bonchev–Trinajstić information content (AvgIpc) is 1.92. The van der Waals surface area contributed by atoms with Crippen LogP contribution in [0.4, 0.5) is 0 Å². The largest absolute Gasteiger partial charge is 0.427 e. The Labute approximate surface area is 67.7 Å². The molecule has 0 aliphatic rings. The number of isocyanates is 2. The van der Waals surface area contributed by atoms with Crippen LogP contribution in [0.3, 0.4) is 0 Å². The zero-order chi connectivity index (χ0) is 9.54. The van der Waals surface area contributed by atoms with Crippen molar-refractivity contribution < 1.29 is 14.0 Å². The van der Waals surface area contributed by atoms with E-state index in [1.165, 1.54) is 6.04 Å². The highest BCUT2D eigenvalue weighted by Gasteiger charge is 1.69. The summed E-state index contributed by atoms with van der Waals surface area (Å²) in [6, 6.07) is 1.26. The maximum absolute atomic E-state index is 8.35. The van der Waals surface area contributed by atoms with E-state index in [1.54, 1.807) is 7.11 Å². The third kappa shape index (κ3) is 490. The Morgan fingerprint density at radius 1 is 1.36 bits per heavy atom. The second-order valence-electron chi connectivity index (χ2n) is 1.20. The smallest absolute Gasteiger partial charge is 0.231 e. The molecular weight excluding hydrogens is 164 g/mol. The minimum Gasteiger partial charge on any atom is -0.427 e. The monoisotopic (exact) mass is 176 g/mol. The predicted octanol–water partition coefficient (Wildman–Crippen LogP) is -0.0433. The SMILES string of the molecule is CC[SiH2]OC.N=C=O.N=C=O. The lowest BCUT2D eigenvalue weighted by molar-refractivity contribution is 0.442. The van der Waals surface area contributed by atoms with Crippen molar-refractivity contribution in [2.75, 3.05) is 7.11 Å². The van der Waals surface area contributed by atoms with Gasteiger partial charge in [0.05, 0.1) is 0 Å². The van der Waals surface area contributed by atoms with Gasteiger partial charge in [0.25, 0.3) is 0 Å². The molecular formula is C5H12N2O3Si. The topological polar surface area (TPSA) is 91.1 Å². The fraction of sp³-hybridized carbons (Fsp3) is 0.600. The summed E-state index contributed by atoms with van der Waals surface area (Å²) in [5.74, 6) is 0. The van der Waals surface area contributed by atoms with Crippen LogP contribution >= 0.6 is 0 Å². The fourth-order valence-corrected chi connectivity index (χ4v) is 0.612. The molecule has 6 heteroatoms. The van der Waals surface area contributed by atoms with Gasteiger partial charge in [0, 0.05) is 7.11 Å². The van der Waals surface area contributed by atoms with E-state index in [2.05, 4.69) is 6.92 Å². The number of hydrogen-bond donors (Lipinski definition) is 2. The lowest BCUT2D eigenvalue weighted by Gasteiger charge is -1.83. The van der Waals surface area contributed by atoms with Gasteiger partial charge in [-0.05, 0) is 6.04 Å².